The first-order valence-corrected chi connectivity index (χ1v) is 6.68. The Balaban J connectivity index is 2.15. The number of hydrogen-bond donors (Lipinski definition) is 1. The monoisotopic (exact) mass is 285 g/mol. The Morgan fingerprint density at radius 1 is 1.38 bits per heavy atom. The van der Waals surface area contributed by atoms with Gasteiger partial charge in [-0.2, -0.15) is 5.26 Å². The lowest BCUT2D eigenvalue weighted by atomic mass is 10.0. The number of nitriles is 1. The molecule has 1 heterocycles. The summed E-state index contributed by atoms with van der Waals surface area (Å²) in [5.74, 6) is -0.649. The van der Waals surface area contributed by atoms with E-state index < -0.39 is 0 Å². The first kappa shape index (κ1) is 14.8. The number of nitrogens with one attached hydrogen (secondary N) is 1. The molecule has 108 valence electrons. The first-order valence-electron chi connectivity index (χ1n) is 6.68. The van der Waals surface area contributed by atoms with E-state index in [-0.39, 0.29) is 18.3 Å². The van der Waals surface area contributed by atoms with E-state index in [4.69, 9.17) is 5.26 Å². The fourth-order valence-corrected chi connectivity index (χ4v) is 2.24. The van der Waals surface area contributed by atoms with Crippen molar-refractivity contribution in [2.45, 2.75) is 19.9 Å². The van der Waals surface area contributed by atoms with E-state index in [1.165, 1.54) is 10.6 Å². The molecule has 1 aromatic heterocycles. The second kappa shape index (κ2) is 6.23. The fraction of sp³-hybridized carbons (Fsp3) is 0.250. The van der Waals surface area contributed by atoms with Crippen LogP contribution in [0.1, 0.15) is 34.2 Å². The molecule has 0 bridgehead atoms. The third-order valence-corrected chi connectivity index (χ3v) is 3.49. The number of amides is 1. The number of nitrogens with zero attached hydrogens (tertiary/aromatic N) is 2. The van der Waals surface area contributed by atoms with Crippen LogP contribution in [0.3, 0.4) is 0 Å². The number of carbonyl (C=O) groups is 1. The lowest BCUT2D eigenvalue weighted by Crippen LogP contribution is -2.26. The van der Waals surface area contributed by atoms with Crippen LogP contribution in [0.4, 0.5) is 4.39 Å². The van der Waals surface area contributed by atoms with Crippen molar-refractivity contribution in [3.63, 3.8) is 0 Å². The van der Waals surface area contributed by atoms with E-state index >= 15 is 0 Å². The van der Waals surface area contributed by atoms with Crippen molar-refractivity contribution in [2.24, 2.45) is 7.05 Å². The van der Waals surface area contributed by atoms with Crippen molar-refractivity contribution in [2.75, 3.05) is 0 Å². The van der Waals surface area contributed by atoms with Crippen molar-refractivity contribution in [3.05, 3.63) is 58.7 Å². The Hall–Kier alpha value is -2.61. The molecular weight excluding hydrogens is 269 g/mol. The highest BCUT2D eigenvalue weighted by atomic mass is 19.1. The normalized spacial score (nSPS) is 10.2. The van der Waals surface area contributed by atoms with Gasteiger partial charge in [-0.05, 0) is 30.2 Å². The predicted octanol–water partition coefficient (Wildman–Crippen LogP) is 2.53. The van der Waals surface area contributed by atoms with Crippen LogP contribution in [-0.2, 0) is 20.0 Å². The van der Waals surface area contributed by atoms with Crippen LogP contribution >= 0.6 is 0 Å². The second-order valence-electron chi connectivity index (χ2n) is 4.69. The molecule has 0 spiro atoms. The van der Waals surface area contributed by atoms with Gasteiger partial charge in [-0.1, -0.05) is 19.1 Å². The highest BCUT2D eigenvalue weighted by Gasteiger charge is 2.14. The SMILES string of the molecule is CCc1cccc(F)c1CNC(=O)c1ccc(C#N)n1C. The van der Waals surface area contributed by atoms with E-state index in [1.807, 2.05) is 19.1 Å². The molecule has 21 heavy (non-hydrogen) atoms. The zero-order chi connectivity index (χ0) is 15.4. The molecule has 0 fully saturated rings. The molecule has 0 aliphatic heterocycles. The van der Waals surface area contributed by atoms with E-state index in [0.29, 0.717) is 23.4 Å². The maximum absolute atomic E-state index is 13.8. The van der Waals surface area contributed by atoms with Gasteiger partial charge in [0, 0.05) is 19.2 Å². The minimum Gasteiger partial charge on any atom is -0.347 e. The number of aryl methyl sites for hydroxylation is 1. The molecule has 0 aliphatic rings. The minimum atomic E-state index is -0.329. The lowest BCUT2D eigenvalue weighted by Gasteiger charge is -2.11. The van der Waals surface area contributed by atoms with E-state index in [9.17, 15) is 9.18 Å². The molecule has 0 unspecified atom stereocenters. The molecule has 1 aromatic carbocycles. The van der Waals surface area contributed by atoms with Gasteiger partial charge in [0.1, 0.15) is 23.3 Å². The molecule has 0 saturated carbocycles. The van der Waals surface area contributed by atoms with Crippen molar-refractivity contribution < 1.29 is 9.18 Å². The van der Waals surface area contributed by atoms with Gasteiger partial charge in [-0.15, -0.1) is 0 Å². The first-order chi connectivity index (χ1) is 10.1. The van der Waals surface area contributed by atoms with Crippen molar-refractivity contribution in [1.82, 2.24) is 9.88 Å². The summed E-state index contributed by atoms with van der Waals surface area (Å²) in [7, 11) is 1.65. The summed E-state index contributed by atoms with van der Waals surface area (Å²) in [4.78, 5) is 12.1. The highest BCUT2D eigenvalue weighted by Crippen LogP contribution is 2.14. The number of carbonyl (C=O) groups excluding carboxylic acids is 1. The maximum Gasteiger partial charge on any atom is 0.268 e. The number of hydrogen-bond acceptors (Lipinski definition) is 2. The Kier molecular flexibility index (Phi) is 4.39. The molecule has 2 aromatic rings. The molecule has 5 heteroatoms. The van der Waals surface area contributed by atoms with Crippen molar-refractivity contribution >= 4 is 5.91 Å². The van der Waals surface area contributed by atoms with Gasteiger partial charge in [0.25, 0.3) is 5.91 Å². The predicted molar refractivity (Wildman–Crippen MR) is 77.1 cm³/mol. The summed E-state index contributed by atoms with van der Waals surface area (Å²) >= 11 is 0. The highest BCUT2D eigenvalue weighted by molar-refractivity contribution is 5.93. The van der Waals surface area contributed by atoms with Gasteiger partial charge >= 0.3 is 0 Å². The van der Waals surface area contributed by atoms with Crippen LogP contribution in [0, 0.1) is 17.1 Å². The zero-order valence-corrected chi connectivity index (χ0v) is 12.0. The van der Waals surface area contributed by atoms with E-state index in [0.717, 1.165) is 5.56 Å². The van der Waals surface area contributed by atoms with Gasteiger partial charge in [0.2, 0.25) is 0 Å². The van der Waals surface area contributed by atoms with Crippen molar-refractivity contribution in [3.8, 4) is 6.07 Å². The third kappa shape index (κ3) is 2.95. The molecule has 0 aliphatic carbocycles. The van der Waals surface area contributed by atoms with Crippen molar-refractivity contribution in [1.29, 1.82) is 5.26 Å². The standard InChI is InChI=1S/C16H16FN3O/c1-3-11-5-4-6-14(17)13(11)10-19-16(21)15-8-7-12(9-18)20(15)2/h4-8H,3,10H2,1-2H3,(H,19,21). The van der Waals surface area contributed by atoms with Crippen LogP contribution < -0.4 is 5.32 Å². The number of aromatic nitrogens is 1. The molecule has 2 rings (SSSR count). The number of rotatable bonds is 4. The number of benzene rings is 1. The molecule has 4 nitrogen and oxygen atoms in total. The Morgan fingerprint density at radius 3 is 2.76 bits per heavy atom. The lowest BCUT2D eigenvalue weighted by molar-refractivity contribution is 0.0942. The van der Waals surface area contributed by atoms with E-state index in [1.54, 1.807) is 25.2 Å². The molecule has 0 saturated heterocycles. The summed E-state index contributed by atoms with van der Waals surface area (Å²) in [6.07, 6.45) is 0.700. The quantitative estimate of drug-likeness (QED) is 0.938. The van der Waals surface area contributed by atoms with Gasteiger partial charge in [0.15, 0.2) is 0 Å². The van der Waals surface area contributed by atoms with Gasteiger partial charge in [-0.25, -0.2) is 4.39 Å². The van der Waals surface area contributed by atoms with Crippen LogP contribution in [0.15, 0.2) is 30.3 Å². The molecular formula is C16H16FN3O. The smallest absolute Gasteiger partial charge is 0.268 e. The average molecular weight is 285 g/mol. The number of halogens is 1. The van der Waals surface area contributed by atoms with Gasteiger partial charge in [-0.3, -0.25) is 4.79 Å². The summed E-state index contributed by atoms with van der Waals surface area (Å²) in [5.41, 5.74) is 2.16. The molecule has 1 amide bonds. The topological polar surface area (TPSA) is 57.8 Å². The Labute approximate surface area is 122 Å². The van der Waals surface area contributed by atoms with Gasteiger partial charge in [0.05, 0.1) is 0 Å². The zero-order valence-electron chi connectivity index (χ0n) is 12.0. The Morgan fingerprint density at radius 2 is 2.14 bits per heavy atom. The minimum absolute atomic E-state index is 0.127. The van der Waals surface area contributed by atoms with Crippen LogP contribution in [0.5, 0.6) is 0 Å². The third-order valence-electron chi connectivity index (χ3n) is 3.49. The molecule has 0 radical (unpaired) electrons. The molecule has 0 atom stereocenters. The van der Waals surface area contributed by atoms with Gasteiger partial charge < -0.3 is 9.88 Å². The van der Waals surface area contributed by atoms with E-state index in [2.05, 4.69) is 5.32 Å². The van der Waals surface area contributed by atoms with Crippen LogP contribution in [-0.4, -0.2) is 10.5 Å². The second-order valence-corrected chi connectivity index (χ2v) is 4.69. The largest absolute Gasteiger partial charge is 0.347 e. The Bertz CT molecular complexity index is 713. The van der Waals surface area contributed by atoms with Crippen LogP contribution in [0.2, 0.25) is 0 Å². The summed E-state index contributed by atoms with van der Waals surface area (Å²) in [6.45, 7) is 2.07. The maximum atomic E-state index is 13.8. The summed E-state index contributed by atoms with van der Waals surface area (Å²) in [6, 6.07) is 10.0. The average Bonchev–Trinajstić information content (AvgIpc) is 2.86. The summed E-state index contributed by atoms with van der Waals surface area (Å²) in [5, 5.41) is 11.6. The molecule has 1 N–H and O–H groups in total. The fourth-order valence-electron chi connectivity index (χ4n) is 2.24. The summed E-state index contributed by atoms with van der Waals surface area (Å²) < 4.78 is 15.3. The van der Waals surface area contributed by atoms with Crippen LogP contribution in [0.25, 0.3) is 0 Å².